The summed E-state index contributed by atoms with van der Waals surface area (Å²) in [6, 6.07) is 15.9. The number of ketones is 1. The summed E-state index contributed by atoms with van der Waals surface area (Å²) in [5.41, 5.74) is 13.6. The molecular formula is C27H29N3O2. The van der Waals surface area contributed by atoms with Gasteiger partial charge in [0.15, 0.2) is 0 Å². The van der Waals surface area contributed by atoms with Gasteiger partial charge in [0.05, 0.1) is 5.52 Å². The van der Waals surface area contributed by atoms with E-state index in [-0.39, 0.29) is 17.6 Å². The molecule has 1 atom stereocenters. The minimum absolute atomic E-state index is 0.0262. The molecule has 4 rings (SSSR count). The second-order valence-electron chi connectivity index (χ2n) is 8.68. The number of aromatic nitrogens is 1. The van der Waals surface area contributed by atoms with Crippen molar-refractivity contribution in [2.24, 2.45) is 5.92 Å². The van der Waals surface area contributed by atoms with Gasteiger partial charge in [-0.2, -0.15) is 4.79 Å². The van der Waals surface area contributed by atoms with Crippen LogP contribution >= 0.6 is 0 Å². The normalized spacial score (nSPS) is 15.2. The average molecular weight is 428 g/mol. The molecule has 32 heavy (non-hydrogen) atoms. The molecule has 164 valence electrons. The summed E-state index contributed by atoms with van der Waals surface area (Å²) >= 11 is 0. The predicted octanol–water partition coefficient (Wildman–Crippen LogP) is 5.43. The number of hydrogen-bond acceptors (Lipinski definition) is 2. The van der Waals surface area contributed by atoms with Crippen molar-refractivity contribution in [1.82, 2.24) is 4.57 Å². The molecule has 0 saturated heterocycles. The minimum Gasteiger partial charge on any atom is -0.361 e. The number of rotatable bonds is 8. The number of carbonyl (C=O) groups excluding carboxylic acids is 2. The van der Waals surface area contributed by atoms with Gasteiger partial charge in [-0.25, -0.2) is 0 Å². The fraction of sp³-hybridized carbons (Fsp3) is 0.370. The SMILES string of the molecule is CCCCCCc1ccc(C(=O)n2c3c(c4ccccc42)CC(C(=O)C=[N+]=[N-])CC3)cc1. The first-order valence-corrected chi connectivity index (χ1v) is 11.6. The number of aryl methyl sites for hydroxylation is 1. The molecule has 1 heterocycles. The predicted molar refractivity (Wildman–Crippen MR) is 126 cm³/mol. The van der Waals surface area contributed by atoms with Crippen LogP contribution in [0.2, 0.25) is 0 Å². The lowest BCUT2D eigenvalue weighted by Crippen LogP contribution is -2.25. The molecule has 2 aromatic carbocycles. The summed E-state index contributed by atoms with van der Waals surface area (Å²) in [5, 5.41) is 1.02. The van der Waals surface area contributed by atoms with Gasteiger partial charge in [-0.3, -0.25) is 14.2 Å². The molecule has 1 aromatic heterocycles. The van der Waals surface area contributed by atoms with Gasteiger partial charge in [-0.05, 0) is 61.4 Å². The van der Waals surface area contributed by atoms with Gasteiger partial charge in [0.25, 0.3) is 5.91 Å². The van der Waals surface area contributed by atoms with Crippen LogP contribution in [0, 0.1) is 5.92 Å². The Morgan fingerprint density at radius 2 is 1.88 bits per heavy atom. The molecule has 5 nitrogen and oxygen atoms in total. The summed E-state index contributed by atoms with van der Waals surface area (Å²) in [6.45, 7) is 2.21. The number of Topliss-reactive ketones (excluding diaryl/α,β-unsaturated/α-hetero) is 1. The molecule has 0 aliphatic heterocycles. The summed E-state index contributed by atoms with van der Waals surface area (Å²) in [7, 11) is 0. The third-order valence-electron chi connectivity index (χ3n) is 6.58. The fourth-order valence-electron chi connectivity index (χ4n) is 4.85. The van der Waals surface area contributed by atoms with Gasteiger partial charge in [-0.1, -0.05) is 56.5 Å². The summed E-state index contributed by atoms with van der Waals surface area (Å²) in [4.78, 5) is 28.7. The van der Waals surface area contributed by atoms with Crippen LogP contribution in [0.3, 0.4) is 0 Å². The molecule has 1 aliphatic rings. The van der Waals surface area contributed by atoms with Crippen LogP contribution < -0.4 is 0 Å². The highest BCUT2D eigenvalue weighted by atomic mass is 16.2. The molecule has 1 aliphatic carbocycles. The van der Waals surface area contributed by atoms with E-state index in [2.05, 4.69) is 23.8 Å². The molecular weight excluding hydrogens is 398 g/mol. The van der Waals surface area contributed by atoms with Crippen molar-refractivity contribution in [3.8, 4) is 0 Å². The molecule has 0 radical (unpaired) electrons. The Bertz CT molecular complexity index is 1180. The van der Waals surface area contributed by atoms with Crippen LogP contribution in [0.1, 0.15) is 66.2 Å². The zero-order valence-electron chi connectivity index (χ0n) is 18.6. The van der Waals surface area contributed by atoms with Gasteiger partial charge in [0, 0.05) is 22.6 Å². The topological polar surface area (TPSA) is 75.5 Å². The van der Waals surface area contributed by atoms with Crippen LogP contribution in [0.5, 0.6) is 0 Å². The number of fused-ring (bicyclic) bond motifs is 3. The molecule has 0 N–H and O–H groups in total. The number of unbranched alkanes of at least 4 members (excludes halogenated alkanes) is 3. The first kappa shape index (κ1) is 21.9. The Morgan fingerprint density at radius 3 is 2.62 bits per heavy atom. The third-order valence-corrected chi connectivity index (χ3v) is 6.58. The maximum Gasteiger partial charge on any atom is 0.323 e. The zero-order chi connectivity index (χ0) is 22.5. The van der Waals surface area contributed by atoms with Gasteiger partial charge in [0.2, 0.25) is 5.78 Å². The quantitative estimate of drug-likeness (QED) is 0.208. The van der Waals surface area contributed by atoms with Crippen LogP contribution in [-0.2, 0) is 24.1 Å². The van der Waals surface area contributed by atoms with Gasteiger partial charge >= 0.3 is 6.21 Å². The first-order chi connectivity index (χ1) is 15.6. The van der Waals surface area contributed by atoms with E-state index >= 15 is 0 Å². The van der Waals surface area contributed by atoms with E-state index in [1.54, 1.807) is 0 Å². The summed E-state index contributed by atoms with van der Waals surface area (Å²) < 4.78 is 1.84. The van der Waals surface area contributed by atoms with Crippen molar-refractivity contribution in [2.75, 3.05) is 0 Å². The number of nitrogens with zero attached hydrogens (tertiary/aromatic N) is 3. The van der Waals surface area contributed by atoms with E-state index in [1.165, 1.54) is 31.2 Å². The monoisotopic (exact) mass is 427 g/mol. The molecule has 5 heteroatoms. The summed E-state index contributed by atoms with van der Waals surface area (Å²) in [5.74, 6) is -0.419. The second kappa shape index (κ2) is 9.88. The van der Waals surface area contributed by atoms with E-state index in [9.17, 15) is 9.59 Å². The Labute approximate surface area is 188 Å². The number of carbonyl (C=O) groups is 2. The highest BCUT2D eigenvalue weighted by Crippen LogP contribution is 2.35. The molecule has 0 bridgehead atoms. The van der Waals surface area contributed by atoms with Gasteiger partial charge in [-0.15, -0.1) is 0 Å². The van der Waals surface area contributed by atoms with Crippen molar-refractivity contribution in [3.63, 3.8) is 0 Å². The first-order valence-electron chi connectivity index (χ1n) is 11.6. The lowest BCUT2D eigenvalue weighted by atomic mass is 9.84. The van der Waals surface area contributed by atoms with Crippen molar-refractivity contribution < 1.29 is 14.4 Å². The van der Waals surface area contributed by atoms with Crippen LogP contribution in [0.4, 0.5) is 0 Å². The molecule has 0 fully saturated rings. The Morgan fingerprint density at radius 1 is 1.09 bits per heavy atom. The maximum atomic E-state index is 13.6. The minimum atomic E-state index is -0.222. The molecule has 1 unspecified atom stereocenters. The highest BCUT2D eigenvalue weighted by Gasteiger charge is 2.31. The molecule has 0 spiro atoms. The Hall–Kier alpha value is -3.30. The second-order valence-corrected chi connectivity index (χ2v) is 8.68. The standard InChI is InChI=1S/C27H29N3O2/c1-2-3-4-5-8-19-11-13-20(14-12-19)27(32)30-24-10-7-6-9-22(24)23-17-21(15-16-25(23)30)26(31)18-29-28/h6-7,9-14,18,21H,2-5,8,15-17H2,1H3. The van der Waals surface area contributed by atoms with Crippen molar-refractivity contribution in [1.29, 1.82) is 0 Å². The lowest BCUT2D eigenvalue weighted by Gasteiger charge is -2.20. The smallest absolute Gasteiger partial charge is 0.323 e. The number of benzene rings is 2. The van der Waals surface area contributed by atoms with Crippen molar-refractivity contribution >= 4 is 28.8 Å². The van der Waals surface area contributed by atoms with Crippen LogP contribution in [0.25, 0.3) is 16.4 Å². The lowest BCUT2D eigenvalue weighted by molar-refractivity contribution is -0.119. The van der Waals surface area contributed by atoms with Crippen molar-refractivity contribution in [2.45, 2.75) is 58.3 Å². The van der Waals surface area contributed by atoms with E-state index in [1.807, 2.05) is 41.0 Å². The fourth-order valence-corrected chi connectivity index (χ4v) is 4.85. The molecule has 0 amide bonds. The van der Waals surface area contributed by atoms with Crippen LogP contribution in [-0.4, -0.2) is 27.3 Å². The van der Waals surface area contributed by atoms with E-state index < -0.39 is 0 Å². The Balaban J connectivity index is 1.63. The Kier molecular flexibility index (Phi) is 6.77. The maximum absolute atomic E-state index is 13.6. The average Bonchev–Trinajstić information content (AvgIpc) is 3.16. The van der Waals surface area contributed by atoms with E-state index in [4.69, 9.17) is 5.53 Å². The third kappa shape index (κ3) is 4.35. The van der Waals surface area contributed by atoms with E-state index in [0.717, 1.165) is 34.8 Å². The van der Waals surface area contributed by atoms with Gasteiger partial charge in [0.1, 0.15) is 0 Å². The van der Waals surface area contributed by atoms with E-state index in [0.29, 0.717) is 24.8 Å². The van der Waals surface area contributed by atoms with Crippen molar-refractivity contribution in [3.05, 3.63) is 76.4 Å². The highest BCUT2D eigenvalue weighted by molar-refractivity contribution is 6.26. The largest absolute Gasteiger partial charge is 0.361 e. The summed E-state index contributed by atoms with van der Waals surface area (Å²) in [6.07, 6.45) is 8.78. The molecule has 0 saturated carbocycles. The number of hydrogen-bond donors (Lipinski definition) is 0. The molecule has 3 aromatic rings. The van der Waals surface area contributed by atoms with Crippen LogP contribution in [0.15, 0.2) is 48.5 Å². The zero-order valence-corrected chi connectivity index (χ0v) is 18.6. The number of para-hydroxylation sites is 1. The van der Waals surface area contributed by atoms with Gasteiger partial charge < -0.3 is 5.53 Å².